The van der Waals surface area contributed by atoms with Crippen molar-refractivity contribution in [2.45, 2.75) is 26.9 Å². The first-order valence-corrected chi connectivity index (χ1v) is 25.7. The van der Waals surface area contributed by atoms with Crippen molar-refractivity contribution in [3.8, 4) is 67.2 Å². The molecule has 0 amide bonds. The molecule has 3 aromatic heterocycles. The van der Waals surface area contributed by atoms with Gasteiger partial charge in [0.2, 0.25) is 0 Å². The number of halogens is 10. The Kier molecular flexibility index (Phi) is 16.7. The molecule has 3 nitrogen and oxygen atoms in total. The molecule has 0 unspecified atom stereocenters. The van der Waals surface area contributed by atoms with E-state index in [1.807, 2.05) is 36.4 Å². The van der Waals surface area contributed by atoms with E-state index in [4.69, 9.17) is 34.8 Å². The zero-order chi connectivity index (χ0) is 49.2. The van der Waals surface area contributed by atoms with Crippen LogP contribution in [-0.2, 0) is 27.3 Å². The molecule has 9 aromatic rings. The van der Waals surface area contributed by atoms with Crippen molar-refractivity contribution in [3.63, 3.8) is 0 Å². The van der Waals surface area contributed by atoms with Gasteiger partial charge in [-0.15, -0.1) is 0 Å². The topological polar surface area (TPSA) is 14.8 Å². The predicted molar refractivity (Wildman–Crippen MR) is 299 cm³/mol. The summed E-state index contributed by atoms with van der Waals surface area (Å²) in [6.45, 7) is 5.77. The fourth-order valence-corrected chi connectivity index (χ4v) is 10.7. The van der Waals surface area contributed by atoms with Gasteiger partial charge in [0.1, 0.15) is 0 Å². The highest BCUT2D eigenvalue weighted by Gasteiger charge is 2.40. The van der Waals surface area contributed by atoms with Crippen LogP contribution < -0.4 is 0 Å². The molecule has 0 saturated carbocycles. The monoisotopic (exact) mass is 1270 g/mol. The van der Waals surface area contributed by atoms with Crippen LogP contribution in [0.15, 0.2) is 165 Å². The van der Waals surface area contributed by atoms with E-state index in [0.717, 1.165) is 23.5 Å². The van der Waals surface area contributed by atoms with Gasteiger partial charge in [0.15, 0.2) is 0 Å². The lowest BCUT2D eigenvalue weighted by atomic mass is 9.96. The molecule has 0 aliphatic carbocycles. The standard InChI is InChI=1S/C19H14BrClF3N.C18H14BrClIN.C18H15BrClN/c1-11-17(19(22,23)24)16(13-4-3-5-14(20)10-13)18(25(11)2)12-6-8-15(21)9-7-12;1-11-17(21)16(13-4-3-5-14(19)10-13)18(22(11)2)12-6-8-15(20)9-7-12;1-12-10-17(14-4-3-5-15(19)11-14)18(21(12)2)13-6-8-16(20)9-7-13/h3-10H,1-2H3;3-10H,1-2H3;3-11H,1-2H3. The van der Waals surface area contributed by atoms with E-state index in [-0.39, 0.29) is 11.3 Å². The lowest BCUT2D eigenvalue weighted by molar-refractivity contribution is -0.137. The quantitative estimate of drug-likeness (QED) is 0.147. The molecule has 0 aliphatic rings. The third-order valence-corrected chi connectivity index (χ3v) is 15.3. The van der Waals surface area contributed by atoms with E-state index >= 15 is 0 Å². The Hall–Kier alpha value is -4.01. The molecule has 0 saturated heterocycles. The summed E-state index contributed by atoms with van der Waals surface area (Å²) < 4.78 is 51.7. The molecule has 68 heavy (non-hydrogen) atoms. The zero-order valence-corrected chi connectivity index (χ0v) is 46.7. The highest BCUT2D eigenvalue weighted by atomic mass is 127. The summed E-state index contributed by atoms with van der Waals surface area (Å²) in [6.07, 6.45) is -4.45. The number of aryl methyl sites for hydroxylation is 1. The Bertz CT molecular complexity index is 3250. The van der Waals surface area contributed by atoms with Gasteiger partial charge in [-0.25, -0.2) is 0 Å². The number of nitrogens with zero attached hydrogens (tertiary/aromatic N) is 3. The minimum Gasteiger partial charge on any atom is -0.347 e. The molecule has 13 heteroatoms. The molecular weight excluding hydrogens is 1230 g/mol. The predicted octanol–water partition coefficient (Wildman–Crippen LogP) is 19.9. The summed E-state index contributed by atoms with van der Waals surface area (Å²) in [4.78, 5) is 0. The average molecular weight is 1280 g/mol. The van der Waals surface area contributed by atoms with Gasteiger partial charge in [0, 0.05) is 87.0 Å². The zero-order valence-electron chi connectivity index (χ0n) is 37.6. The highest BCUT2D eigenvalue weighted by Crippen LogP contribution is 2.47. The largest absolute Gasteiger partial charge is 0.418 e. The van der Waals surface area contributed by atoms with Crippen LogP contribution in [0.5, 0.6) is 0 Å². The van der Waals surface area contributed by atoms with Gasteiger partial charge in [-0.3, -0.25) is 0 Å². The number of alkyl halides is 3. The second-order valence-corrected chi connectivity index (χ2v) is 21.2. The lowest BCUT2D eigenvalue weighted by Gasteiger charge is -2.12. The summed E-state index contributed by atoms with van der Waals surface area (Å²) in [6, 6.07) is 48.8. The van der Waals surface area contributed by atoms with Gasteiger partial charge < -0.3 is 13.7 Å². The minimum absolute atomic E-state index is 0.174. The van der Waals surface area contributed by atoms with Crippen molar-refractivity contribution in [2.75, 3.05) is 0 Å². The van der Waals surface area contributed by atoms with Gasteiger partial charge >= 0.3 is 6.18 Å². The van der Waals surface area contributed by atoms with Crippen molar-refractivity contribution in [1.29, 1.82) is 0 Å². The summed E-state index contributed by atoms with van der Waals surface area (Å²) in [5.41, 5.74) is 13.6. The SMILES string of the molecule is Cc1c(C(F)(F)F)c(-c2cccc(Br)c2)c(-c2ccc(Cl)cc2)n1C.Cc1c(I)c(-c2cccc(Br)c2)c(-c2ccc(Cl)cc2)n1C.Cc1cc(-c2cccc(Br)c2)c(-c2ccc(Cl)cc2)n1C. The second kappa shape index (κ2) is 22.0. The summed E-state index contributed by atoms with van der Waals surface area (Å²) in [7, 11) is 5.86. The first-order chi connectivity index (χ1) is 32.2. The fraction of sp³-hybridized carbons (Fsp3) is 0.127. The molecule has 0 aliphatic heterocycles. The molecule has 0 atom stereocenters. The van der Waals surface area contributed by atoms with E-state index in [9.17, 15) is 13.2 Å². The van der Waals surface area contributed by atoms with Crippen LogP contribution >= 0.6 is 105 Å². The molecule has 9 rings (SSSR count). The van der Waals surface area contributed by atoms with Crippen molar-refractivity contribution >= 4 is 105 Å². The van der Waals surface area contributed by atoms with Gasteiger partial charge in [0.25, 0.3) is 0 Å². The number of aromatic nitrogens is 3. The second-order valence-electron chi connectivity index (χ2n) is 16.1. The molecule has 0 fully saturated rings. The number of benzene rings is 6. The third kappa shape index (κ3) is 11.4. The van der Waals surface area contributed by atoms with E-state index in [1.165, 1.54) is 66.7 Å². The van der Waals surface area contributed by atoms with E-state index in [2.05, 4.69) is 174 Å². The Morgan fingerprint density at radius 2 is 0.809 bits per heavy atom. The van der Waals surface area contributed by atoms with E-state index in [1.54, 1.807) is 60.1 Å². The van der Waals surface area contributed by atoms with Gasteiger partial charge in [-0.2, -0.15) is 13.2 Å². The maximum atomic E-state index is 13.8. The number of hydrogen-bond donors (Lipinski definition) is 0. The molecule has 0 N–H and O–H groups in total. The van der Waals surface area contributed by atoms with Crippen LogP contribution in [0.2, 0.25) is 15.1 Å². The molecular formula is C55H43Br3Cl3F3IN3. The summed E-state index contributed by atoms with van der Waals surface area (Å²) in [5.74, 6) is 0. The van der Waals surface area contributed by atoms with E-state index < -0.39 is 11.7 Å². The summed E-state index contributed by atoms with van der Waals surface area (Å²) in [5, 5.41) is 2.05. The maximum Gasteiger partial charge on any atom is 0.418 e. The molecule has 0 spiro atoms. The molecule has 348 valence electrons. The number of rotatable bonds is 6. The van der Waals surface area contributed by atoms with Crippen LogP contribution in [0.3, 0.4) is 0 Å². The first kappa shape index (κ1) is 51.8. The molecule has 0 bridgehead atoms. The van der Waals surface area contributed by atoms with Crippen molar-refractivity contribution in [1.82, 2.24) is 13.7 Å². The first-order valence-electron chi connectivity index (χ1n) is 21.1. The Labute approximate surface area is 449 Å². The molecule has 0 radical (unpaired) electrons. The van der Waals surface area contributed by atoms with Crippen LogP contribution in [-0.4, -0.2) is 13.7 Å². The smallest absolute Gasteiger partial charge is 0.347 e. The summed E-state index contributed by atoms with van der Waals surface area (Å²) >= 11 is 30.9. The van der Waals surface area contributed by atoms with E-state index in [0.29, 0.717) is 21.8 Å². The number of hydrogen-bond acceptors (Lipinski definition) is 0. The van der Waals surface area contributed by atoms with Gasteiger partial charge in [-0.05, 0) is 156 Å². The average Bonchev–Trinajstić information content (AvgIpc) is 3.85. The Morgan fingerprint density at radius 1 is 0.441 bits per heavy atom. The van der Waals surface area contributed by atoms with Gasteiger partial charge in [0.05, 0.1) is 22.6 Å². The van der Waals surface area contributed by atoms with Crippen molar-refractivity contribution < 1.29 is 13.2 Å². The van der Waals surface area contributed by atoms with Crippen LogP contribution in [0.25, 0.3) is 67.2 Å². The van der Waals surface area contributed by atoms with Crippen LogP contribution in [0.4, 0.5) is 13.2 Å². The van der Waals surface area contributed by atoms with Crippen molar-refractivity contribution in [3.05, 3.63) is 206 Å². The lowest BCUT2D eigenvalue weighted by Crippen LogP contribution is -2.08. The Morgan fingerprint density at radius 3 is 1.24 bits per heavy atom. The minimum atomic E-state index is -4.45. The van der Waals surface area contributed by atoms with Crippen molar-refractivity contribution in [2.24, 2.45) is 21.1 Å². The molecule has 6 aromatic carbocycles. The van der Waals surface area contributed by atoms with Crippen LogP contribution in [0, 0.1) is 24.3 Å². The molecule has 3 heterocycles. The normalized spacial score (nSPS) is 11.2. The highest BCUT2D eigenvalue weighted by molar-refractivity contribution is 14.1. The third-order valence-electron chi connectivity index (χ3n) is 11.8. The van der Waals surface area contributed by atoms with Crippen LogP contribution in [0.1, 0.15) is 22.6 Å². The Balaban J connectivity index is 0.000000152. The maximum absolute atomic E-state index is 13.8. The fourth-order valence-electron chi connectivity index (χ4n) is 8.20. The van der Waals surface area contributed by atoms with Gasteiger partial charge in [-0.1, -0.05) is 155 Å².